The maximum absolute atomic E-state index is 12.4. The fourth-order valence-corrected chi connectivity index (χ4v) is 2.12. The Kier molecular flexibility index (Phi) is 5.55. The first-order valence-electron chi connectivity index (χ1n) is 5.97. The summed E-state index contributed by atoms with van der Waals surface area (Å²) in [4.78, 5) is 2.15. The van der Waals surface area contributed by atoms with Crippen LogP contribution in [0.1, 0.15) is 25.7 Å². The van der Waals surface area contributed by atoms with Crippen molar-refractivity contribution in [2.75, 3.05) is 33.2 Å². The van der Waals surface area contributed by atoms with Crippen molar-refractivity contribution in [3.63, 3.8) is 0 Å². The summed E-state index contributed by atoms with van der Waals surface area (Å²) in [7, 11) is 1.91. The molecule has 1 heterocycles. The predicted molar refractivity (Wildman–Crippen MR) is 58.4 cm³/mol. The van der Waals surface area contributed by atoms with E-state index in [-0.39, 0.29) is 12.8 Å². The van der Waals surface area contributed by atoms with E-state index in [4.69, 9.17) is 0 Å². The fraction of sp³-hybridized carbons (Fsp3) is 1.00. The van der Waals surface area contributed by atoms with Crippen molar-refractivity contribution in [1.29, 1.82) is 0 Å². The van der Waals surface area contributed by atoms with Crippen LogP contribution in [-0.4, -0.2) is 44.3 Å². The van der Waals surface area contributed by atoms with Gasteiger partial charge in [0, 0.05) is 0 Å². The summed E-state index contributed by atoms with van der Waals surface area (Å²) < 4.78 is 37.2. The molecule has 1 rings (SSSR count). The molecule has 0 radical (unpaired) electrons. The van der Waals surface area contributed by atoms with Crippen LogP contribution in [0.2, 0.25) is 0 Å². The summed E-state index contributed by atoms with van der Waals surface area (Å²) in [5.41, 5.74) is 0. The third kappa shape index (κ3) is 4.70. The zero-order valence-corrected chi connectivity index (χ0v) is 9.82. The molecule has 0 aromatic rings. The van der Waals surface area contributed by atoms with Crippen LogP contribution in [-0.2, 0) is 0 Å². The van der Waals surface area contributed by atoms with Crippen LogP contribution < -0.4 is 5.32 Å². The van der Waals surface area contributed by atoms with Gasteiger partial charge in [-0.1, -0.05) is 0 Å². The lowest BCUT2D eigenvalue weighted by Crippen LogP contribution is -2.39. The van der Waals surface area contributed by atoms with E-state index in [0.29, 0.717) is 13.1 Å². The molecule has 0 bridgehead atoms. The van der Waals surface area contributed by atoms with Gasteiger partial charge in [-0.3, -0.25) is 0 Å². The fourth-order valence-electron chi connectivity index (χ4n) is 2.12. The zero-order valence-electron chi connectivity index (χ0n) is 9.82. The molecule has 5 heteroatoms. The van der Waals surface area contributed by atoms with Gasteiger partial charge in [-0.05, 0) is 58.9 Å². The van der Waals surface area contributed by atoms with Crippen molar-refractivity contribution >= 4 is 0 Å². The number of likely N-dealkylation sites (tertiary alicyclic amines) is 1. The van der Waals surface area contributed by atoms with E-state index in [1.165, 1.54) is 0 Å². The number of unbranched alkanes of at least 4 members (excludes halogenated alkanes) is 1. The average Bonchev–Trinajstić information content (AvgIpc) is 2.24. The lowest BCUT2D eigenvalue weighted by molar-refractivity contribution is -0.185. The first-order valence-corrected chi connectivity index (χ1v) is 5.97. The highest BCUT2D eigenvalue weighted by Gasteiger charge is 2.40. The standard InChI is InChI=1S/C11H21F3N2/c1-15-6-2-3-7-16-8-4-10(5-9-16)11(12,13)14/h10,15H,2-9H2,1H3. The highest BCUT2D eigenvalue weighted by Crippen LogP contribution is 2.33. The number of nitrogens with one attached hydrogen (secondary N) is 1. The molecule has 1 saturated heterocycles. The zero-order chi connectivity index (χ0) is 12.0. The molecule has 0 atom stereocenters. The Morgan fingerprint density at radius 3 is 2.31 bits per heavy atom. The Balaban J connectivity index is 2.12. The second-order valence-corrected chi connectivity index (χ2v) is 4.47. The van der Waals surface area contributed by atoms with E-state index >= 15 is 0 Å². The molecule has 2 nitrogen and oxygen atoms in total. The summed E-state index contributed by atoms with van der Waals surface area (Å²) in [5, 5.41) is 3.07. The van der Waals surface area contributed by atoms with Gasteiger partial charge in [-0.2, -0.15) is 13.2 Å². The Hall–Kier alpha value is -0.290. The second-order valence-electron chi connectivity index (χ2n) is 4.47. The second kappa shape index (κ2) is 6.45. The minimum atomic E-state index is -3.99. The van der Waals surface area contributed by atoms with E-state index in [1.807, 2.05) is 7.05 Å². The first kappa shape index (κ1) is 13.8. The van der Waals surface area contributed by atoms with Gasteiger partial charge in [0.15, 0.2) is 0 Å². The van der Waals surface area contributed by atoms with Crippen LogP contribution in [0.15, 0.2) is 0 Å². The number of rotatable bonds is 5. The summed E-state index contributed by atoms with van der Waals surface area (Å²) in [6.45, 7) is 3.12. The van der Waals surface area contributed by atoms with Crippen LogP contribution in [0.3, 0.4) is 0 Å². The smallest absolute Gasteiger partial charge is 0.320 e. The number of alkyl halides is 3. The quantitative estimate of drug-likeness (QED) is 0.739. The molecular weight excluding hydrogens is 217 g/mol. The highest BCUT2D eigenvalue weighted by molar-refractivity contribution is 4.76. The van der Waals surface area contributed by atoms with Gasteiger partial charge in [0.1, 0.15) is 0 Å². The molecule has 0 saturated carbocycles. The molecule has 0 spiro atoms. The summed E-state index contributed by atoms with van der Waals surface area (Å²) in [6.07, 6.45) is -1.28. The maximum Gasteiger partial charge on any atom is 0.391 e. The van der Waals surface area contributed by atoms with Crippen LogP contribution in [0.5, 0.6) is 0 Å². The van der Waals surface area contributed by atoms with Crippen molar-refractivity contribution in [3.05, 3.63) is 0 Å². The number of hydrogen-bond donors (Lipinski definition) is 1. The van der Waals surface area contributed by atoms with Crippen LogP contribution >= 0.6 is 0 Å². The number of nitrogens with zero attached hydrogens (tertiary/aromatic N) is 1. The normalized spacial score (nSPS) is 20.2. The van der Waals surface area contributed by atoms with Crippen molar-refractivity contribution in [3.8, 4) is 0 Å². The molecule has 1 aliphatic rings. The van der Waals surface area contributed by atoms with E-state index in [0.717, 1.165) is 25.9 Å². The minimum Gasteiger partial charge on any atom is -0.320 e. The minimum absolute atomic E-state index is 0.273. The largest absolute Gasteiger partial charge is 0.391 e. The summed E-state index contributed by atoms with van der Waals surface area (Å²) in [6, 6.07) is 0. The highest BCUT2D eigenvalue weighted by atomic mass is 19.4. The maximum atomic E-state index is 12.4. The van der Waals surface area contributed by atoms with Crippen LogP contribution in [0.25, 0.3) is 0 Å². The SMILES string of the molecule is CNCCCCN1CCC(C(F)(F)F)CC1. The van der Waals surface area contributed by atoms with Crippen molar-refractivity contribution < 1.29 is 13.2 Å². The molecule has 1 aliphatic heterocycles. The molecule has 0 aromatic carbocycles. The van der Waals surface area contributed by atoms with E-state index in [9.17, 15) is 13.2 Å². The predicted octanol–water partition coefficient (Wildman–Crippen LogP) is 2.26. The lowest BCUT2D eigenvalue weighted by atomic mass is 9.96. The Bertz CT molecular complexity index is 186. The van der Waals surface area contributed by atoms with Gasteiger partial charge in [0.2, 0.25) is 0 Å². The van der Waals surface area contributed by atoms with Gasteiger partial charge in [0.05, 0.1) is 5.92 Å². The van der Waals surface area contributed by atoms with Crippen molar-refractivity contribution in [2.45, 2.75) is 31.9 Å². The van der Waals surface area contributed by atoms with E-state index in [1.54, 1.807) is 0 Å². The summed E-state index contributed by atoms with van der Waals surface area (Å²) >= 11 is 0. The first-order chi connectivity index (χ1) is 7.54. The van der Waals surface area contributed by atoms with Gasteiger partial charge in [-0.15, -0.1) is 0 Å². The Morgan fingerprint density at radius 2 is 1.81 bits per heavy atom. The van der Waals surface area contributed by atoms with Gasteiger partial charge < -0.3 is 10.2 Å². The topological polar surface area (TPSA) is 15.3 Å². The Morgan fingerprint density at radius 1 is 1.19 bits per heavy atom. The number of halogens is 3. The lowest BCUT2D eigenvalue weighted by Gasteiger charge is -2.32. The molecule has 1 N–H and O–H groups in total. The monoisotopic (exact) mass is 238 g/mol. The molecule has 1 fully saturated rings. The molecule has 96 valence electrons. The molecule has 0 amide bonds. The number of piperidine rings is 1. The van der Waals surface area contributed by atoms with E-state index < -0.39 is 12.1 Å². The molecule has 16 heavy (non-hydrogen) atoms. The number of hydrogen-bond acceptors (Lipinski definition) is 2. The van der Waals surface area contributed by atoms with Crippen molar-refractivity contribution in [1.82, 2.24) is 10.2 Å². The van der Waals surface area contributed by atoms with E-state index in [2.05, 4.69) is 10.2 Å². The van der Waals surface area contributed by atoms with Crippen LogP contribution in [0.4, 0.5) is 13.2 Å². The third-order valence-corrected chi connectivity index (χ3v) is 3.20. The van der Waals surface area contributed by atoms with Crippen LogP contribution in [0, 0.1) is 5.92 Å². The van der Waals surface area contributed by atoms with Gasteiger partial charge in [-0.25, -0.2) is 0 Å². The molecule has 0 aromatic heterocycles. The molecular formula is C11H21F3N2. The van der Waals surface area contributed by atoms with Gasteiger partial charge in [0.25, 0.3) is 0 Å². The summed E-state index contributed by atoms with van der Waals surface area (Å²) in [5.74, 6) is -1.07. The molecule has 0 unspecified atom stereocenters. The van der Waals surface area contributed by atoms with Crippen molar-refractivity contribution in [2.24, 2.45) is 5.92 Å². The Labute approximate surface area is 95.2 Å². The van der Waals surface area contributed by atoms with Gasteiger partial charge >= 0.3 is 6.18 Å². The average molecular weight is 238 g/mol. The third-order valence-electron chi connectivity index (χ3n) is 3.20. The molecule has 0 aliphatic carbocycles.